The molecule has 0 aliphatic rings. The smallest absolute Gasteiger partial charge is 0.748 e. The van der Waals surface area contributed by atoms with E-state index in [1.807, 2.05) is 0 Å². The van der Waals surface area contributed by atoms with Crippen LogP contribution in [0.25, 0.3) is 0 Å². The third kappa shape index (κ3) is 15.8. The molecule has 0 amide bonds. The maximum atomic E-state index is 11.2. The first-order valence-electron chi connectivity index (χ1n) is 8.58. The van der Waals surface area contributed by atoms with Crippen molar-refractivity contribution in [3.63, 3.8) is 0 Å². The summed E-state index contributed by atoms with van der Waals surface area (Å²) in [6.45, 7) is 2.27. The average molecular weight is 344 g/mol. The number of rotatable bonds is 15. The summed E-state index contributed by atoms with van der Waals surface area (Å²) < 4.78 is 33.5. The molecule has 0 heterocycles. The summed E-state index contributed by atoms with van der Waals surface area (Å²) in [7, 11) is -4.18. The molecule has 1 unspecified atom stereocenters. The molecule has 0 radical (unpaired) electrons. The molecule has 0 aromatic rings. The minimum Gasteiger partial charge on any atom is -0.748 e. The average Bonchev–Trinajstić information content (AvgIpc) is 2.42. The Balaban J connectivity index is 0. The minimum absolute atomic E-state index is 0. The molecular weight excluding hydrogens is 311 g/mol. The second kappa shape index (κ2) is 16.7. The van der Waals surface area contributed by atoms with E-state index < -0.39 is 15.4 Å². The molecule has 0 aromatic carbocycles. The summed E-state index contributed by atoms with van der Waals surface area (Å²) in [6.07, 6.45) is 12.7. The van der Waals surface area contributed by atoms with E-state index in [2.05, 4.69) is 6.92 Å². The molecule has 6 heteroatoms. The van der Waals surface area contributed by atoms with Crippen LogP contribution in [-0.4, -0.2) is 29.9 Å². The minimum atomic E-state index is -4.18. The van der Waals surface area contributed by atoms with Crippen LogP contribution in [0.4, 0.5) is 0 Å². The number of unbranched alkanes of at least 4 members (excludes halogenated alkanes) is 9. The van der Waals surface area contributed by atoms with Crippen molar-refractivity contribution in [2.45, 2.75) is 95.6 Å². The third-order valence-corrected chi connectivity index (χ3v) is 5.26. The van der Waals surface area contributed by atoms with Crippen molar-refractivity contribution in [3.8, 4) is 0 Å². The Morgan fingerprint density at radius 3 is 1.64 bits per heavy atom. The Hall–Kier alpha value is 0.870. The SMILES string of the molecule is CCCCCCCCCCCC(CCCCO)S(=O)(=O)[O-].[Na+]. The van der Waals surface area contributed by atoms with Crippen molar-refractivity contribution in [2.75, 3.05) is 6.61 Å². The van der Waals surface area contributed by atoms with Crippen molar-refractivity contribution in [1.82, 2.24) is 0 Å². The molecule has 0 spiro atoms. The molecular formula is C16H33NaO4S. The molecule has 1 N–H and O–H groups in total. The molecule has 0 bridgehead atoms. The normalized spacial score (nSPS) is 12.9. The zero-order valence-electron chi connectivity index (χ0n) is 14.6. The number of aliphatic hydroxyl groups excluding tert-OH is 1. The third-order valence-electron chi connectivity index (χ3n) is 3.97. The van der Waals surface area contributed by atoms with Gasteiger partial charge in [0.1, 0.15) is 0 Å². The largest absolute Gasteiger partial charge is 1.00 e. The summed E-state index contributed by atoms with van der Waals surface area (Å²) in [6, 6.07) is 0. The Morgan fingerprint density at radius 2 is 1.23 bits per heavy atom. The fourth-order valence-corrected chi connectivity index (χ4v) is 3.51. The quantitative estimate of drug-likeness (QED) is 0.273. The van der Waals surface area contributed by atoms with Gasteiger partial charge in [0.2, 0.25) is 0 Å². The number of hydrogen-bond acceptors (Lipinski definition) is 4. The molecule has 0 fully saturated rings. The molecule has 1 atom stereocenters. The zero-order valence-corrected chi connectivity index (χ0v) is 17.4. The van der Waals surface area contributed by atoms with E-state index in [9.17, 15) is 13.0 Å². The van der Waals surface area contributed by atoms with Gasteiger partial charge < -0.3 is 9.66 Å². The van der Waals surface area contributed by atoms with Gasteiger partial charge in [0.05, 0.1) is 10.1 Å². The Bertz CT molecular complexity index is 320. The van der Waals surface area contributed by atoms with Crippen LogP contribution < -0.4 is 29.6 Å². The van der Waals surface area contributed by atoms with Crippen molar-refractivity contribution >= 4 is 10.1 Å². The van der Waals surface area contributed by atoms with Crippen LogP contribution in [0.5, 0.6) is 0 Å². The predicted molar refractivity (Wildman–Crippen MR) is 86.3 cm³/mol. The number of aliphatic hydroxyl groups is 1. The van der Waals surface area contributed by atoms with Gasteiger partial charge in [-0.2, -0.15) is 0 Å². The fourth-order valence-electron chi connectivity index (χ4n) is 2.60. The van der Waals surface area contributed by atoms with E-state index in [0.717, 1.165) is 19.3 Å². The molecule has 22 heavy (non-hydrogen) atoms. The topological polar surface area (TPSA) is 77.4 Å². The first kappa shape index (κ1) is 25.1. The van der Waals surface area contributed by atoms with E-state index in [1.54, 1.807) is 0 Å². The predicted octanol–water partition coefficient (Wildman–Crippen LogP) is 0.988. The summed E-state index contributed by atoms with van der Waals surface area (Å²) in [5.41, 5.74) is 0. The van der Waals surface area contributed by atoms with Gasteiger partial charge in [-0.05, 0) is 25.7 Å². The van der Waals surface area contributed by atoms with Gasteiger partial charge in [0, 0.05) is 11.9 Å². The first-order chi connectivity index (χ1) is 10.0. The van der Waals surface area contributed by atoms with Crippen LogP contribution in [0.3, 0.4) is 0 Å². The van der Waals surface area contributed by atoms with Crippen molar-refractivity contribution in [1.29, 1.82) is 0 Å². The van der Waals surface area contributed by atoms with Crippen LogP contribution in [0.15, 0.2) is 0 Å². The van der Waals surface area contributed by atoms with Crippen LogP contribution in [0.2, 0.25) is 0 Å². The van der Waals surface area contributed by atoms with Gasteiger partial charge in [-0.25, -0.2) is 8.42 Å². The summed E-state index contributed by atoms with van der Waals surface area (Å²) in [5.74, 6) is 0. The zero-order chi connectivity index (χ0) is 16.0. The molecule has 0 aromatic heterocycles. The van der Waals surface area contributed by atoms with Crippen LogP contribution in [-0.2, 0) is 10.1 Å². The Labute approximate surface area is 159 Å². The Kier molecular flexibility index (Phi) is 19.1. The van der Waals surface area contributed by atoms with Gasteiger partial charge in [-0.15, -0.1) is 0 Å². The summed E-state index contributed by atoms with van der Waals surface area (Å²) in [4.78, 5) is 0. The van der Waals surface area contributed by atoms with Crippen LogP contribution in [0.1, 0.15) is 90.4 Å². The van der Waals surface area contributed by atoms with Gasteiger partial charge >= 0.3 is 29.6 Å². The molecule has 0 rings (SSSR count). The molecule has 0 aliphatic carbocycles. The van der Waals surface area contributed by atoms with Crippen molar-refractivity contribution in [3.05, 3.63) is 0 Å². The monoisotopic (exact) mass is 344 g/mol. The number of hydrogen-bond donors (Lipinski definition) is 1. The Morgan fingerprint density at radius 1 is 0.818 bits per heavy atom. The van der Waals surface area contributed by atoms with E-state index in [1.165, 1.54) is 38.5 Å². The van der Waals surface area contributed by atoms with Crippen molar-refractivity contribution < 1.29 is 47.6 Å². The molecule has 0 saturated heterocycles. The maximum Gasteiger partial charge on any atom is 1.00 e. The molecule has 128 valence electrons. The standard InChI is InChI=1S/C16H34O4S.Na/c1-2-3-4-5-6-7-8-9-10-13-16(21(18,19)20)14-11-12-15-17;/h16-17H,2-15H2,1H3,(H,18,19,20);/q;+1/p-1. The molecule has 0 saturated carbocycles. The van der Waals surface area contributed by atoms with Crippen LogP contribution in [0, 0.1) is 0 Å². The molecule has 4 nitrogen and oxygen atoms in total. The van der Waals surface area contributed by atoms with E-state index in [0.29, 0.717) is 25.7 Å². The maximum absolute atomic E-state index is 11.2. The first-order valence-corrected chi connectivity index (χ1v) is 10.0. The van der Waals surface area contributed by atoms with E-state index in [-0.39, 0.29) is 36.2 Å². The summed E-state index contributed by atoms with van der Waals surface area (Å²) in [5, 5.41) is 7.95. The van der Waals surface area contributed by atoms with Gasteiger partial charge in [-0.3, -0.25) is 0 Å². The molecule has 0 aliphatic heterocycles. The van der Waals surface area contributed by atoms with Gasteiger partial charge in [-0.1, -0.05) is 64.7 Å². The van der Waals surface area contributed by atoms with E-state index in [4.69, 9.17) is 5.11 Å². The second-order valence-corrected chi connectivity index (χ2v) is 7.60. The van der Waals surface area contributed by atoms with Gasteiger partial charge in [0.15, 0.2) is 0 Å². The van der Waals surface area contributed by atoms with Crippen LogP contribution >= 0.6 is 0 Å². The fraction of sp³-hybridized carbons (Fsp3) is 1.00. The second-order valence-electron chi connectivity index (χ2n) is 5.95. The van der Waals surface area contributed by atoms with E-state index >= 15 is 0 Å². The van der Waals surface area contributed by atoms with Gasteiger partial charge in [0.25, 0.3) is 0 Å². The summed E-state index contributed by atoms with van der Waals surface area (Å²) >= 11 is 0. The van der Waals surface area contributed by atoms with Crippen molar-refractivity contribution in [2.24, 2.45) is 0 Å².